The first-order valence-electron chi connectivity index (χ1n) is 6.92. The van der Waals surface area contributed by atoms with Crippen LogP contribution in [0.2, 0.25) is 0 Å². The highest BCUT2D eigenvalue weighted by Crippen LogP contribution is 2.29. The third-order valence-corrected chi connectivity index (χ3v) is 4.17. The number of H-pyrrole nitrogens is 1. The van der Waals surface area contributed by atoms with Crippen LogP contribution < -0.4 is 15.0 Å². The van der Waals surface area contributed by atoms with Gasteiger partial charge in [-0.2, -0.15) is 4.98 Å². The lowest BCUT2D eigenvalue weighted by Crippen LogP contribution is -2.49. The highest BCUT2D eigenvalue weighted by molar-refractivity contribution is 9.10. The van der Waals surface area contributed by atoms with Crippen molar-refractivity contribution in [2.24, 2.45) is 0 Å². The molecule has 0 saturated carbocycles. The van der Waals surface area contributed by atoms with Gasteiger partial charge in [-0.1, -0.05) is 0 Å². The molecule has 7 heteroatoms. The van der Waals surface area contributed by atoms with Crippen LogP contribution in [-0.2, 0) is 0 Å². The number of halogens is 1. The molecule has 1 fully saturated rings. The second-order valence-corrected chi connectivity index (χ2v) is 5.99. The van der Waals surface area contributed by atoms with Gasteiger partial charge in [0.25, 0.3) is 0 Å². The first-order valence-corrected chi connectivity index (χ1v) is 7.71. The lowest BCUT2D eigenvalue weighted by molar-refractivity contribution is 0.412. The predicted molar refractivity (Wildman–Crippen MR) is 85.7 cm³/mol. The second kappa shape index (κ2) is 6.03. The zero-order chi connectivity index (χ0) is 14.8. The summed E-state index contributed by atoms with van der Waals surface area (Å²) in [6.07, 6.45) is 0. The fraction of sp³-hybridized carbons (Fsp3) is 0.429. The fourth-order valence-electron chi connectivity index (χ4n) is 2.45. The number of ether oxygens (including phenoxy) is 1. The smallest absolute Gasteiger partial charge is 0.245 e. The Morgan fingerprint density at radius 2 is 2.29 bits per heavy atom. The third kappa shape index (κ3) is 3.03. The molecule has 0 aliphatic carbocycles. The molecule has 6 nitrogen and oxygen atoms in total. The van der Waals surface area contributed by atoms with Gasteiger partial charge in [-0.25, -0.2) is 0 Å². The summed E-state index contributed by atoms with van der Waals surface area (Å²) < 4.78 is 6.14. The number of methoxy groups -OCH3 is 1. The summed E-state index contributed by atoms with van der Waals surface area (Å²) in [5, 5.41) is 10.8. The fourth-order valence-corrected chi connectivity index (χ4v) is 2.99. The highest BCUT2D eigenvalue weighted by atomic mass is 79.9. The topological polar surface area (TPSA) is 66.1 Å². The highest BCUT2D eigenvalue weighted by Gasteiger charge is 2.19. The number of hydrogen-bond donors (Lipinski definition) is 2. The van der Waals surface area contributed by atoms with Gasteiger partial charge in [0.1, 0.15) is 5.75 Å². The summed E-state index contributed by atoms with van der Waals surface area (Å²) in [7, 11) is 1.65. The average Bonchev–Trinajstić information content (AvgIpc) is 2.97. The summed E-state index contributed by atoms with van der Waals surface area (Å²) in [5.41, 5.74) is 0.976. The number of rotatable bonds is 3. The van der Waals surface area contributed by atoms with Crippen LogP contribution in [0.4, 0.5) is 5.95 Å². The van der Waals surface area contributed by atoms with E-state index in [9.17, 15) is 0 Å². The number of anilines is 1. The van der Waals surface area contributed by atoms with Gasteiger partial charge < -0.3 is 15.0 Å². The van der Waals surface area contributed by atoms with Gasteiger partial charge in [0, 0.05) is 31.2 Å². The van der Waals surface area contributed by atoms with Gasteiger partial charge >= 0.3 is 0 Å². The molecule has 0 radical (unpaired) electrons. The van der Waals surface area contributed by atoms with E-state index in [1.807, 2.05) is 18.2 Å². The molecule has 1 aliphatic rings. The Hall–Kier alpha value is -1.60. The molecule has 0 amide bonds. The summed E-state index contributed by atoms with van der Waals surface area (Å²) in [6.45, 7) is 4.97. The molecule has 1 atom stereocenters. The van der Waals surface area contributed by atoms with Crippen molar-refractivity contribution in [3.63, 3.8) is 0 Å². The van der Waals surface area contributed by atoms with Crippen LogP contribution in [0.5, 0.6) is 5.75 Å². The quantitative estimate of drug-likeness (QED) is 0.885. The maximum atomic E-state index is 5.24. The van der Waals surface area contributed by atoms with E-state index in [2.05, 4.69) is 48.3 Å². The molecule has 112 valence electrons. The minimum Gasteiger partial charge on any atom is -0.496 e. The maximum absolute atomic E-state index is 5.24. The zero-order valence-corrected chi connectivity index (χ0v) is 13.6. The van der Waals surface area contributed by atoms with Crippen LogP contribution in [0.1, 0.15) is 6.92 Å². The molecular formula is C14H18BrN5O. The molecule has 2 heterocycles. The molecule has 1 aromatic carbocycles. The molecule has 2 N–H and O–H groups in total. The molecule has 21 heavy (non-hydrogen) atoms. The monoisotopic (exact) mass is 351 g/mol. The van der Waals surface area contributed by atoms with Gasteiger partial charge in [-0.05, 0) is 41.1 Å². The Kier molecular flexibility index (Phi) is 4.12. The number of nitrogens with zero attached hydrogens (tertiary/aromatic N) is 3. The Morgan fingerprint density at radius 3 is 3.00 bits per heavy atom. The van der Waals surface area contributed by atoms with Gasteiger partial charge in [0.15, 0.2) is 5.82 Å². The minimum absolute atomic E-state index is 0.454. The average molecular weight is 352 g/mol. The zero-order valence-electron chi connectivity index (χ0n) is 12.1. The predicted octanol–water partition coefficient (Wildman–Crippen LogP) is 2.04. The summed E-state index contributed by atoms with van der Waals surface area (Å²) >= 11 is 3.49. The Balaban J connectivity index is 1.82. The molecular weight excluding hydrogens is 334 g/mol. The van der Waals surface area contributed by atoms with Gasteiger partial charge in [-0.15, -0.1) is 5.10 Å². The number of aromatic nitrogens is 3. The summed E-state index contributed by atoms with van der Waals surface area (Å²) in [5.74, 6) is 2.32. The van der Waals surface area contributed by atoms with Gasteiger partial charge in [-0.3, -0.25) is 5.10 Å². The SMILES string of the molecule is COc1ccc(-c2nc(N3CCN[C@@H](C)C3)n[nH]2)cc1Br. The molecule has 3 rings (SSSR count). The number of benzene rings is 1. The van der Waals surface area contributed by atoms with Crippen molar-refractivity contribution in [2.45, 2.75) is 13.0 Å². The van der Waals surface area contributed by atoms with Gasteiger partial charge in [0.05, 0.1) is 11.6 Å². The molecule has 0 bridgehead atoms. The first-order chi connectivity index (χ1) is 10.2. The van der Waals surface area contributed by atoms with Gasteiger partial charge in [0.2, 0.25) is 5.95 Å². The van der Waals surface area contributed by atoms with E-state index in [4.69, 9.17) is 4.74 Å². The van der Waals surface area contributed by atoms with E-state index >= 15 is 0 Å². The van der Waals surface area contributed by atoms with E-state index in [0.717, 1.165) is 47.2 Å². The van der Waals surface area contributed by atoms with Crippen LogP contribution in [0.15, 0.2) is 22.7 Å². The number of hydrogen-bond acceptors (Lipinski definition) is 5. The third-order valence-electron chi connectivity index (χ3n) is 3.55. The summed E-state index contributed by atoms with van der Waals surface area (Å²) in [6, 6.07) is 6.31. The van der Waals surface area contributed by atoms with E-state index in [-0.39, 0.29) is 0 Å². The van der Waals surface area contributed by atoms with Crippen molar-refractivity contribution in [1.82, 2.24) is 20.5 Å². The van der Waals surface area contributed by atoms with Crippen molar-refractivity contribution in [1.29, 1.82) is 0 Å². The van der Waals surface area contributed by atoms with E-state index < -0.39 is 0 Å². The molecule has 2 aromatic rings. The maximum Gasteiger partial charge on any atom is 0.245 e. The molecule has 0 unspecified atom stereocenters. The molecule has 1 aromatic heterocycles. The lowest BCUT2D eigenvalue weighted by atomic mass is 10.2. The Bertz CT molecular complexity index is 630. The van der Waals surface area contributed by atoms with Crippen molar-refractivity contribution in [3.8, 4) is 17.1 Å². The second-order valence-electron chi connectivity index (χ2n) is 5.13. The number of piperazine rings is 1. The van der Waals surface area contributed by atoms with Crippen LogP contribution in [-0.4, -0.2) is 48.0 Å². The molecule has 0 spiro atoms. The normalized spacial score (nSPS) is 18.8. The summed E-state index contributed by atoms with van der Waals surface area (Å²) in [4.78, 5) is 6.80. The van der Waals surface area contributed by atoms with Crippen LogP contribution in [0.3, 0.4) is 0 Å². The van der Waals surface area contributed by atoms with Crippen molar-refractivity contribution < 1.29 is 4.74 Å². The number of nitrogens with one attached hydrogen (secondary N) is 2. The van der Waals surface area contributed by atoms with E-state index in [0.29, 0.717) is 6.04 Å². The van der Waals surface area contributed by atoms with Crippen molar-refractivity contribution >= 4 is 21.9 Å². The van der Waals surface area contributed by atoms with Crippen LogP contribution >= 0.6 is 15.9 Å². The lowest BCUT2D eigenvalue weighted by Gasteiger charge is -2.30. The van der Waals surface area contributed by atoms with Crippen molar-refractivity contribution in [2.75, 3.05) is 31.6 Å². The van der Waals surface area contributed by atoms with Crippen molar-refractivity contribution in [3.05, 3.63) is 22.7 Å². The minimum atomic E-state index is 0.454. The standard InChI is InChI=1S/C14H18BrN5O/c1-9-8-20(6-5-16-9)14-17-13(18-19-14)10-3-4-12(21-2)11(15)7-10/h3-4,7,9,16H,5-6,8H2,1-2H3,(H,17,18,19)/t9-/m0/s1. The first kappa shape index (κ1) is 14.3. The number of aromatic amines is 1. The van der Waals surface area contributed by atoms with E-state index in [1.54, 1.807) is 7.11 Å². The van der Waals surface area contributed by atoms with Crippen LogP contribution in [0.25, 0.3) is 11.4 Å². The molecule has 1 saturated heterocycles. The van der Waals surface area contributed by atoms with Crippen LogP contribution in [0, 0.1) is 0 Å². The Morgan fingerprint density at radius 1 is 1.43 bits per heavy atom. The molecule has 1 aliphatic heterocycles. The largest absolute Gasteiger partial charge is 0.496 e. The van der Waals surface area contributed by atoms with E-state index in [1.165, 1.54) is 0 Å². The Labute approximate surface area is 132 Å².